The molecule has 0 saturated heterocycles. The van der Waals surface area contributed by atoms with Gasteiger partial charge in [0.05, 0.1) is 4.90 Å². The first-order chi connectivity index (χ1) is 9.51. The molecule has 4 nitrogen and oxygen atoms in total. The number of hydrogen-bond donors (Lipinski definition) is 2. The molecule has 0 aromatic heterocycles. The Kier molecular flexibility index (Phi) is 5.18. The minimum atomic E-state index is -3.35. The molecule has 1 aromatic rings. The van der Waals surface area contributed by atoms with E-state index < -0.39 is 10.0 Å². The first-order valence-corrected chi connectivity index (χ1v) is 8.75. The Bertz CT molecular complexity index is 519. The van der Waals surface area contributed by atoms with Gasteiger partial charge in [0.2, 0.25) is 10.0 Å². The lowest BCUT2D eigenvalue weighted by molar-refractivity contribution is 0.270. The van der Waals surface area contributed by atoms with Crippen LogP contribution in [0.1, 0.15) is 31.7 Å². The molecule has 5 heteroatoms. The Balaban J connectivity index is 1.94. The molecule has 0 bridgehead atoms. The lowest BCUT2D eigenvalue weighted by atomic mass is 9.83. The highest BCUT2D eigenvalue weighted by Gasteiger charge is 2.29. The summed E-state index contributed by atoms with van der Waals surface area (Å²) in [5.41, 5.74) is 1.18. The van der Waals surface area contributed by atoms with Crippen LogP contribution < -0.4 is 10.0 Å². The maximum absolute atomic E-state index is 12.2. The van der Waals surface area contributed by atoms with E-state index in [1.54, 1.807) is 12.1 Å². The lowest BCUT2D eigenvalue weighted by Gasteiger charge is -2.32. The van der Waals surface area contributed by atoms with Crippen molar-refractivity contribution >= 4 is 10.0 Å². The lowest BCUT2D eigenvalue weighted by Crippen LogP contribution is -2.43. The molecule has 0 heterocycles. The average molecular weight is 296 g/mol. The number of aryl methyl sites for hydroxylation is 1. The first-order valence-electron chi connectivity index (χ1n) is 7.27. The molecule has 0 amide bonds. The summed E-state index contributed by atoms with van der Waals surface area (Å²) in [6.45, 7) is 3.12. The third-order valence-electron chi connectivity index (χ3n) is 3.82. The van der Waals surface area contributed by atoms with Gasteiger partial charge in [-0.3, -0.25) is 0 Å². The molecular weight excluding hydrogens is 272 g/mol. The van der Waals surface area contributed by atoms with Crippen LogP contribution in [0.5, 0.6) is 0 Å². The van der Waals surface area contributed by atoms with Crippen molar-refractivity contribution in [3.05, 3.63) is 29.8 Å². The number of nitrogens with one attached hydrogen (secondary N) is 2. The molecule has 1 aromatic carbocycles. The van der Waals surface area contributed by atoms with Gasteiger partial charge in [0.15, 0.2) is 0 Å². The molecule has 2 N–H and O–H groups in total. The van der Waals surface area contributed by atoms with Crippen molar-refractivity contribution in [3.63, 3.8) is 0 Å². The minimum absolute atomic E-state index is 0.116. The zero-order valence-corrected chi connectivity index (χ0v) is 13.0. The maximum atomic E-state index is 12.2. The monoisotopic (exact) mass is 296 g/mol. The number of benzene rings is 1. The first kappa shape index (κ1) is 15.5. The van der Waals surface area contributed by atoms with Crippen molar-refractivity contribution in [1.29, 1.82) is 0 Å². The summed E-state index contributed by atoms with van der Waals surface area (Å²) in [7, 11) is -1.41. The van der Waals surface area contributed by atoms with Gasteiger partial charge in [-0.1, -0.05) is 19.1 Å². The molecule has 1 saturated carbocycles. The molecule has 0 unspecified atom stereocenters. The van der Waals surface area contributed by atoms with Gasteiger partial charge < -0.3 is 5.32 Å². The van der Waals surface area contributed by atoms with Crippen LogP contribution in [0, 0.1) is 5.92 Å². The van der Waals surface area contributed by atoms with E-state index in [9.17, 15) is 8.42 Å². The van der Waals surface area contributed by atoms with Crippen molar-refractivity contribution in [2.45, 2.75) is 43.5 Å². The molecule has 0 spiro atoms. The molecule has 1 aliphatic rings. The smallest absolute Gasteiger partial charge is 0.240 e. The molecule has 1 aliphatic carbocycles. The molecule has 2 rings (SSSR count). The number of sulfonamides is 1. The van der Waals surface area contributed by atoms with E-state index in [0.717, 1.165) is 32.2 Å². The maximum Gasteiger partial charge on any atom is 0.240 e. The Morgan fingerprint density at radius 3 is 2.40 bits per heavy atom. The van der Waals surface area contributed by atoms with E-state index in [2.05, 4.69) is 17.0 Å². The second kappa shape index (κ2) is 6.70. The van der Waals surface area contributed by atoms with E-state index in [0.29, 0.717) is 10.8 Å². The van der Waals surface area contributed by atoms with Gasteiger partial charge in [-0.2, -0.15) is 0 Å². The predicted octanol–water partition coefficient (Wildman–Crippen LogP) is 1.92. The highest BCUT2D eigenvalue weighted by Crippen LogP contribution is 2.27. The zero-order chi connectivity index (χ0) is 14.6. The molecular formula is C15H24N2O2S. The minimum Gasteiger partial charge on any atom is -0.320 e. The third-order valence-corrected chi connectivity index (χ3v) is 5.36. The van der Waals surface area contributed by atoms with Crippen LogP contribution >= 0.6 is 0 Å². The normalized spacial score (nSPS) is 22.5. The zero-order valence-electron chi connectivity index (χ0n) is 12.2. The molecule has 0 aliphatic heterocycles. The van der Waals surface area contributed by atoms with E-state index >= 15 is 0 Å². The van der Waals surface area contributed by atoms with E-state index in [1.165, 1.54) is 5.56 Å². The summed E-state index contributed by atoms with van der Waals surface area (Å²) < 4.78 is 27.2. The fourth-order valence-electron chi connectivity index (χ4n) is 2.59. The van der Waals surface area contributed by atoms with E-state index in [1.807, 2.05) is 19.2 Å². The van der Waals surface area contributed by atoms with Crippen molar-refractivity contribution < 1.29 is 8.42 Å². The number of hydrogen-bond acceptors (Lipinski definition) is 3. The summed E-state index contributed by atoms with van der Waals surface area (Å²) >= 11 is 0. The molecule has 20 heavy (non-hydrogen) atoms. The Hall–Kier alpha value is -0.910. The molecule has 1 fully saturated rings. The summed E-state index contributed by atoms with van der Waals surface area (Å²) in [5, 5.41) is 3.11. The Morgan fingerprint density at radius 1 is 1.20 bits per heavy atom. The highest BCUT2D eigenvalue weighted by molar-refractivity contribution is 7.89. The van der Waals surface area contributed by atoms with Crippen LogP contribution in [0.3, 0.4) is 0 Å². The predicted molar refractivity (Wildman–Crippen MR) is 81.2 cm³/mol. The fraction of sp³-hybridized carbons (Fsp3) is 0.600. The topological polar surface area (TPSA) is 58.2 Å². The van der Waals surface area contributed by atoms with Gasteiger partial charge in [-0.25, -0.2) is 13.1 Å². The van der Waals surface area contributed by atoms with Crippen LogP contribution in [0.15, 0.2) is 29.2 Å². The SMILES string of the molecule is CNCCCc1ccc(S(=O)(=O)NC2CC(C)C2)cc1. The van der Waals surface area contributed by atoms with Gasteiger partial charge in [-0.05, 0) is 62.9 Å². The molecule has 112 valence electrons. The Morgan fingerprint density at radius 2 is 1.85 bits per heavy atom. The fourth-order valence-corrected chi connectivity index (χ4v) is 3.85. The third kappa shape index (κ3) is 4.04. The number of rotatable bonds is 7. The van der Waals surface area contributed by atoms with Crippen molar-refractivity contribution in [2.75, 3.05) is 13.6 Å². The second-order valence-electron chi connectivity index (χ2n) is 5.75. The largest absolute Gasteiger partial charge is 0.320 e. The van der Waals surface area contributed by atoms with Gasteiger partial charge in [-0.15, -0.1) is 0 Å². The van der Waals surface area contributed by atoms with Gasteiger partial charge in [0.1, 0.15) is 0 Å². The van der Waals surface area contributed by atoms with Gasteiger partial charge in [0.25, 0.3) is 0 Å². The second-order valence-corrected chi connectivity index (χ2v) is 7.46. The van der Waals surface area contributed by atoms with Crippen LogP contribution in [0.25, 0.3) is 0 Å². The van der Waals surface area contributed by atoms with E-state index in [4.69, 9.17) is 0 Å². The summed E-state index contributed by atoms with van der Waals surface area (Å²) in [6, 6.07) is 7.35. The van der Waals surface area contributed by atoms with Crippen LogP contribution in [-0.4, -0.2) is 28.1 Å². The van der Waals surface area contributed by atoms with E-state index in [-0.39, 0.29) is 6.04 Å². The highest BCUT2D eigenvalue weighted by atomic mass is 32.2. The summed E-state index contributed by atoms with van der Waals surface area (Å²) in [6.07, 6.45) is 3.91. The quantitative estimate of drug-likeness (QED) is 0.756. The van der Waals surface area contributed by atoms with Crippen LogP contribution in [-0.2, 0) is 16.4 Å². The van der Waals surface area contributed by atoms with Gasteiger partial charge >= 0.3 is 0 Å². The summed E-state index contributed by atoms with van der Waals surface area (Å²) in [5.74, 6) is 0.636. The van der Waals surface area contributed by atoms with Crippen molar-refractivity contribution in [1.82, 2.24) is 10.0 Å². The van der Waals surface area contributed by atoms with Crippen molar-refractivity contribution in [2.24, 2.45) is 5.92 Å². The van der Waals surface area contributed by atoms with Gasteiger partial charge in [0, 0.05) is 6.04 Å². The van der Waals surface area contributed by atoms with Crippen LogP contribution in [0.2, 0.25) is 0 Å². The molecule has 0 radical (unpaired) electrons. The average Bonchev–Trinajstić information content (AvgIpc) is 2.38. The molecule has 0 atom stereocenters. The summed E-state index contributed by atoms with van der Waals surface area (Å²) in [4.78, 5) is 0.370. The van der Waals surface area contributed by atoms with Crippen LogP contribution in [0.4, 0.5) is 0 Å². The Labute approximate surface area is 122 Å². The van der Waals surface area contributed by atoms with Crippen molar-refractivity contribution in [3.8, 4) is 0 Å². The standard InChI is InChI=1S/C15H24N2O2S/c1-12-10-14(11-12)17-20(18,19)15-7-5-13(6-8-15)4-3-9-16-2/h5-8,12,14,16-17H,3-4,9-11H2,1-2H3.